The first-order valence-electron chi connectivity index (χ1n) is 9.75. The molecule has 4 heteroatoms. The number of hydrogen-bond donors (Lipinski definition) is 1. The zero-order valence-electron chi connectivity index (χ0n) is 17.0. The number of nitrogens with one attached hydrogen (secondary N) is 1. The van der Waals surface area contributed by atoms with E-state index in [1.807, 2.05) is 24.3 Å². The number of rotatable bonds is 8. The summed E-state index contributed by atoms with van der Waals surface area (Å²) in [6, 6.07) is 24.0. The monoisotopic (exact) mass is 499 g/mol. The van der Waals surface area contributed by atoms with Gasteiger partial charge in [-0.05, 0) is 88.2 Å². The molecule has 0 radical (unpaired) electrons. The summed E-state index contributed by atoms with van der Waals surface area (Å²) in [6.45, 7) is 4.37. The summed E-state index contributed by atoms with van der Waals surface area (Å²) in [4.78, 5) is 13.0. The van der Waals surface area contributed by atoms with Crippen molar-refractivity contribution in [2.45, 2.75) is 32.2 Å². The number of benzene rings is 3. The van der Waals surface area contributed by atoms with Crippen molar-refractivity contribution in [3.63, 3.8) is 0 Å². The summed E-state index contributed by atoms with van der Waals surface area (Å²) >= 11 is 2.29. The lowest BCUT2D eigenvalue weighted by Gasteiger charge is -2.21. The van der Waals surface area contributed by atoms with Crippen LogP contribution in [-0.2, 0) is 0 Å². The van der Waals surface area contributed by atoms with Crippen molar-refractivity contribution in [3.8, 4) is 5.75 Å². The van der Waals surface area contributed by atoms with Gasteiger partial charge in [-0.25, -0.2) is 0 Å². The highest BCUT2D eigenvalue weighted by atomic mass is 127. The number of carbonyl (C=O) groups is 1. The number of anilines is 1. The summed E-state index contributed by atoms with van der Waals surface area (Å²) in [5, 5.41) is 3.55. The molecule has 150 valence electrons. The second-order valence-corrected chi connectivity index (χ2v) is 8.63. The van der Waals surface area contributed by atoms with Gasteiger partial charge in [0, 0.05) is 21.2 Å². The first-order valence-corrected chi connectivity index (χ1v) is 10.8. The van der Waals surface area contributed by atoms with Crippen molar-refractivity contribution in [2.24, 2.45) is 0 Å². The summed E-state index contributed by atoms with van der Waals surface area (Å²) in [6.07, 6.45) is 0.374. The molecule has 0 saturated carbocycles. The number of halogens is 1. The SMILES string of the molecule is COc1ccc(C(=O)C[C@H](Nc2ccc(I)cc2)c2ccc(C(C)C)cc2)cc1. The van der Waals surface area contributed by atoms with Crippen LogP contribution in [0.3, 0.4) is 0 Å². The van der Waals surface area contributed by atoms with Gasteiger partial charge < -0.3 is 10.1 Å². The van der Waals surface area contributed by atoms with Crippen LogP contribution in [0, 0.1) is 3.57 Å². The Kier molecular flexibility index (Phi) is 7.31. The largest absolute Gasteiger partial charge is 0.497 e. The first kappa shape index (κ1) is 21.4. The fourth-order valence-corrected chi connectivity index (χ4v) is 3.55. The highest BCUT2D eigenvalue weighted by molar-refractivity contribution is 14.1. The van der Waals surface area contributed by atoms with Crippen molar-refractivity contribution < 1.29 is 9.53 Å². The molecule has 29 heavy (non-hydrogen) atoms. The van der Waals surface area contributed by atoms with E-state index in [4.69, 9.17) is 4.74 Å². The lowest BCUT2D eigenvalue weighted by molar-refractivity contribution is 0.0976. The Morgan fingerprint density at radius 1 is 0.897 bits per heavy atom. The number of ether oxygens (including phenoxy) is 1. The van der Waals surface area contributed by atoms with Crippen LogP contribution in [0.1, 0.15) is 53.7 Å². The van der Waals surface area contributed by atoms with E-state index in [0.29, 0.717) is 17.9 Å². The minimum Gasteiger partial charge on any atom is -0.497 e. The molecule has 0 saturated heterocycles. The fraction of sp³-hybridized carbons (Fsp3) is 0.240. The number of hydrogen-bond acceptors (Lipinski definition) is 3. The second-order valence-electron chi connectivity index (χ2n) is 7.38. The normalized spacial score (nSPS) is 11.9. The molecule has 3 aromatic carbocycles. The van der Waals surface area contributed by atoms with E-state index < -0.39 is 0 Å². The van der Waals surface area contributed by atoms with Crippen molar-refractivity contribution in [1.29, 1.82) is 0 Å². The van der Waals surface area contributed by atoms with E-state index in [1.54, 1.807) is 7.11 Å². The smallest absolute Gasteiger partial charge is 0.165 e. The van der Waals surface area contributed by atoms with Gasteiger partial charge in [-0.3, -0.25) is 4.79 Å². The topological polar surface area (TPSA) is 38.3 Å². The fourth-order valence-electron chi connectivity index (χ4n) is 3.19. The minimum atomic E-state index is -0.106. The van der Waals surface area contributed by atoms with Crippen molar-refractivity contribution in [3.05, 3.63) is 93.1 Å². The third-order valence-corrected chi connectivity index (χ3v) is 5.71. The van der Waals surface area contributed by atoms with Gasteiger partial charge in [0.25, 0.3) is 0 Å². The van der Waals surface area contributed by atoms with Crippen LogP contribution in [-0.4, -0.2) is 12.9 Å². The van der Waals surface area contributed by atoms with Gasteiger partial charge in [0.05, 0.1) is 13.2 Å². The maximum absolute atomic E-state index is 13.0. The lowest BCUT2D eigenvalue weighted by atomic mass is 9.95. The zero-order valence-corrected chi connectivity index (χ0v) is 19.1. The van der Waals surface area contributed by atoms with Crippen molar-refractivity contribution in [1.82, 2.24) is 0 Å². The van der Waals surface area contributed by atoms with E-state index in [9.17, 15) is 4.79 Å². The number of ketones is 1. The molecule has 3 nitrogen and oxygen atoms in total. The van der Waals surface area contributed by atoms with Crippen LogP contribution in [0.15, 0.2) is 72.8 Å². The van der Waals surface area contributed by atoms with Gasteiger partial charge in [-0.15, -0.1) is 0 Å². The molecule has 0 unspecified atom stereocenters. The van der Waals surface area contributed by atoms with E-state index in [2.05, 4.69) is 90.3 Å². The predicted molar refractivity (Wildman–Crippen MR) is 128 cm³/mol. The number of carbonyl (C=O) groups excluding carboxylic acids is 1. The molecule has 3 rings (SSSR count). The quantitative estimate of drug-likeness (QED) is 0.272. The Hall–Kier alpha value is -2.34. The molecule has 0 aliphatic heterocycles. The molecule has 0 amide bonds. The molecule has 0 spiro atoms. The molecule has 0 aromatic heterocycles. The maximum Gasteiger partial charge on any atom is 0.165 e. The molecular weight excluding hydrogens is 473 g/mol. The third kappa shape index (κ3) is 5.82. The molecular formula is C25H26INO2. The zero-order chi connectivity index (χ0) is 20.8. The third-order valence-electron chi connectivity index (χ3n) is 4.99. The van der Waals surface area contributed by atoms with Crippen LogP contribution in [0.4, 0.5) is 5.69 Å². The molecule has 0 bridgehead atoms. The van der Waals surface area contributed by atoms with Crippen LogP contribution in [0.25, 0.3) is 0 Å². The van der Waals surface area contributed by atoms with Crippen LogP contribution < -0.4 is 10.1 Å². The molecule has 3 aromatic rings. The standard InChI is InChI=1S/C25H26INO2/c1-17(2)18-4-6-19(7-5-18)24(27-22-12-10-21(26)11-13-22)16-25(28)20-8-14-23(29-3)15-9-20/h4-15,17,24,27H,16H2,1-3H3/t24-/m0/s1. The highest BCUT2D eigenvalue weighted by Crippen LogP contribution is 2.27. The second kappa shape index (κ2) is 9.92. The van der Waals surface area contributed by atoms with Gasteiger partial charge in [-0.2, -0.15) is 0 Å². The van der Waals surface area contributed by atoms with Gasteiger partial charge in [0.15, 0.2) is 5.78 Å². The van der Waals surface area contributed by atoms with Crippen molar-refractivity contribution in [2.75, 3.05) is 12.4 Å². The number of methoxy groups -OCH3 is 1. The predicted octanol–water partition coefficient (Wildman–Crippen LogP) is 6.85. The Morgan fingerprint density at radius 2 is 1.48 bits per heavy atom. The van der Waals surface area contributed by atoms with Gasteiger partial charge in [0.1, 0.15) is 5.75 Å². The van der Waals surface area contributed by atoms with E-state index in [0.717, 1.165) is 17.0 Å². The van der Waals surface area contributed by atoms with Gasteiger partial charge >= 0.3 is 0 Å². The summed E-state index contributed by atoms with van der Waals surface area (Å²) in [5.41, 5.74) is 4.10. The highest BCUT2D eigenvalue weighted by Gasteiger charge is 2.18. The molecule has 0 aliphatic carbocycles. The molecule has 0 fully saturated rings. The number of Topliss-reactive ketones (excluding diaryl/α,β-unsaturated/α-hetero) is 1. The van der Waals surface area contributed by atoms with E-state index in [-0.39, 0.29) is 11.8 Å². The van der Waals surface area contributed by atoms with Crippen LogP contribution in [0.5, 0.6) is 5.75 Å². The Morgan fingerprint density at radius 3 is 2.03 bits per heavy atom. The Labute approximate surface area is 186 Å². The Balaban J connectivity index is 1.84. The molecule has 0 aliphatic rings. The summed E-state index contributed by atoms with van der Waals surface area (Å²) in [5.74, 6) is 1.33. The molecule has 1 N–H and O–H groups in total. The molecule has 1 atom stereocenters. The summed E-state index contributed by atoms with van der Waals surface area (Å²) < 4.78 is 6.37. The first-order chi connectivity index (χ1) is 14.0. The van der Waals surface area contributed by atoms with Crippen molar-refractivity contribution >= 4 is 34.1 Å². The molecule has 0 heterocycles. The van der Waals surface area contributed by atoms with Gasteiger partial charge in [-0.1, -0.05) is 38.1 Å². The van der Waals surface area contributed by atoms with E-state index in [1.165, 1.54) is 9.13 Å². The summed E-state index contributed by atoms with van der Waals surface area (Å²) in [7, 11) is 1.62. The Bertz CT molecular complexity index is 932. The van der Waals surface area contributed by atoms with Crippen LogP contribution >= 0.6 is 22.6 Å². The lowest BCUT2D eigenvalue weighted by Crippen LogP contribution is -2.16. The maximum atomic E-state index is 13.0. The average molecular weight is 499 g/mol. The minimum absolute atomic E-state index is 0.101. The van der Waals surface area contributed by atoms with E-state index >= 15 is 0 Å². The van der Waals surface area contributed by atoms with Gasteiger partial charge in [0.2, 0.25) is 0 Å². The van der Waals surface area contributed by atoms with Crippen LogP contribution in [0.2, 0.25) is 0 Å². The average Bonchev–Trinajstić information content (AvgIpc) is 2.75.